The molecule has 17 nitrogen and oxygen atoms in total. The molecule has 360 valence electrons. The van der Waals surface area contributed by atoms with Crippen LogP contribution in [0.2, 0.25) is 0 Å². The number of carbonyl (C=O) groups is 1. The van der Waals surface area contributed by atoms with Gasteiger partial charge in [-0.25, -0.2) is 4.79 Å². The second-order valence-corrected chi connectivity index (χ2v) is 21.5. The van der Waals surface area contributed by atoms with E-state index in [1.807, 2.05) is 13.8 Å². The Morgan fingerprint density at radius 3 is 1.80 bits per heavy atom. The van der Waals surface area contributed by atoms with E-state index in [4.69, 9.17) is 48.2 Å². The number of rotatable bonds is 10. The second kappa shape index (κ2) is 18.5. The SMILES string of the molecule is CC1O[C@@H](OC2C(C)O[C@@H](O[C@H]3CCC4(C)C5CCC6(C)[C@@H](C7=CC(=O)OC7)CC[C@]6(O)[C@@H]5CC[C@@H]4C3)C[C@H]2O)C[C@@H](O)C1O[C@H]1C[C@@H](O)C(O[C@@H]2CC[C@H](N=[N+]=[N-])C(C)O2)C(C)O1. The Labute approximate surface area is 376 Å². The van der Waals surface area contributed by atoms with Crippen molar-refractivity contribution < 1.29 is 67.9 Å². The highest BCUT2D eigenvalue weighted by atomic mass is 16.7. The van der Waals surface area contributed by atoms with Crippen molar-refractivity contribution >= 4 is 5.97 Å². The zero-order valence-electron chi connectivity index (χ0n) is 38.4. The first kappa shape index (κ1) is 47.1. The number of hydrogen-bond donors (Lipinski definition) is 4. The van der Waals surface area contributed by atoms with Gasteiger partial charge in [-0.2, -0.15) is 0 Å². The predicted molar refractivity (Wildman–Crippen MR) is 227 cm³/mol. The summed E-state index contributed by atoms with van der Waals surface area (Å²) in [5, 5.41) is 50.2. The highest BCUT2D eigenvalue weighted by Crippen LogP contribution is 2.70. The average molecular weight is 904 g/mol. The fraction of sp³-hybridized carbons (Fsp3) is 0.936. The number of nitrogens with zero attached hydrogens (tertiary/aromatic N) is 3. The Morgan fingerprint density at radius 1 is 0.672 bits per heavy atom. The van der Waals surface area contributed by atoms with E-state index in [0.29, 0.717) is 31.3 Å². The summed E-state index contributed by atoms with van der Waals surface area (Å²) in [6.07, 6.45) is 2.34. The molecule has 4 saturated carbocycles. The number of esters is 1. The first-order valence-electron chi connectivity index (χ1n) is 24.4. The molecule has 10 unspecified atom stereocenters. The lowest BCUT2D eigenvalue weighted by molar-refractivity contribution is -0.342. The van der Waals surface area contributed by atoms with Gasteiger partial charge in [-0.1, -0.05) is 19.0 Å². The second-order valence-electron chi connectivity index (χ2n) is 21.5. The summed E-state index contributed by atoms with van der Waals surface area (Å²) < 4.78 is 55.2. The molecule has 0 aromatic heterocycles. The highest BCUT2D eigenvalue weighted by Gasteiger charge is 2.68. The van der Waals surface area contributed by atoms with Gasteiger partial charge in [0.25, 0.3) is 0 Å². The molecule has 0 aromatic carbocycles. The van der Waals surface area contributed by atoms with Crippen LogP contribution in [0.25, 0.3) is 10.4 Å². The van der Waals surface area contributed by atoms with Crippen LogP contribution in [0, 0.1) is 34.5 Å². The molecule has 64 heavy (non-hydrogen) atoms. The van der Waals surface area contributed by atoms with Crippen molar-refractivity contribution in [3.8, 4) is 0 Å². The van der Waals surface area contributed by atoms with Crippen molar-refractivity contribution in [2.45, 2.75) is 235 Å². The molecule has 4 N–H and O–H groups in total. The Kier molecular flexibility index (Phi) is 13.6. The standard InChI is InChI=1S/C47H73N3O14/c1-23-33(49-50-48)9-10-38(57-23)62-42-24(2)59-40(20-35(42)52)64-44-26(4)60-41(21-36(44)53)63-43-25(3)58-39(19-34(43)51)61-29-11-14-45(5)28(18-29)7-8-32-31(45)12-15-46(6)30(13-16-47(32,46)55)27-17-37(54)56-22-27/h17,23-26,28-36,38-44,51-53,55H,7-16,18-22H2,1-6H3/t23?,24?,25?,26?,28-,29+,30-,31?,32-,33+,34-,35-,36-,38-,39+,40+,41+,42?,43?,44?,45?,46?,47+/m1/s1. The molecular formula is C47H73N3O14. The summed E-state index contributed by atoms with van der Waals surface area (Å²) in [6, 6.07) is -0.266. The van der Waals surface area contributed by atoms with Crippen LogP contribution in [0.3, 0.4) is 0 Å². The zero-order valence-corrected chi connectivity index (χ0v) is 38.4. The molecule has 4 saturated heterocycles. The molecule has 8 fully saturated rings. The number of aliphatic hydroxyl groups is 4. The number of hydrogen-bond acceptors (Lipinski definition) is 15. The molecule has 9 aliphatic rings. The third-order valence-electron chi connectivity index (χ3n) is 17.9. The van der Waals surface area contributed by atoms with Gasteiger partial charge in [-0.05, 0) is 139 Å². The molecule has 0 aromatic rings. The Balaban J connectivity index is 0.725. The van der Waals surface area contributed by atoms with Gasteiger partial charge in [0.15, 0.2) is 25.2 Å². The molecule has 0 amide bonds. The molecule has 4 aliphatic carbocycles. The molecule has 9 rings (SSSR count). The van der Waals surface area contributed by atoms with E-state index in [1.54, 1.807) is 19.9 Å². The summed E-state index contributed by atoms with van der Waals surface area (Å²) in [5.74, 6) is 1.09. The highest BCUT2D eigenvalue weighted by molar-refractivity contribution is 5.85. The van der Waals surface area contributed by atoms with Gasteiger partial charge in [0, 0.05) is 35.7 Å². The number of fused-ring (bicyclic) bond motifs is 5. The van der Waals surface area contributed by atoms with Crippen LogP contribution < -0.4 is 0 Å². The molecular weight excluding hydrogens is 831 g/mol. The first-order valence-corrected chi connectivity index (χ1v) is 24.4. The van der Waals surface area contributed by atoms with Crippen molar-refractivity contribution in [1.82, 2.24) is 0 Å². The van der Waals surface area contributed by atoms with Crippen molar-refractivity contribution in [2.24, 2.45) is 39.6 Å². The minimum absolute atomic E-state index is 0.00987. The van der Waals surface area contributed by atoms with Crippen molar-refractivity contribution in [1.29, 1.82) is 0 Å². The molecule has 17 heteroatoms. The van der Waals surface area contributed by atoms with Gasteiger partial charge < -0.3 is 63.1 Å². The predicted octanol–water partition coefficient (Wildman–Crippen LogP) is 5.48. The molecule has 0 spiro atoms. The molecule has 23 atom stereocenters. The van der Waals surface area contributed by atoms with Crippen LogP contribution >= 0.6 is 0 Å². The van der Waals surface area contributed by atoms with Crippen LogP contribution in [0.1, 0.15) is 131 Å². The number of azide groups is 1. The van der Waals surface area contributed by atoms with Crippen LogP contribution in [-0.2, 0) is 47.4 Å². The van der Waals surface area contributed by atoms with E-state index in [2.05, 4.69) is 23.9 Å². The fourth-order valence-electron chi connectivity index (χ4n) is 14.4. The summed E-state index contributed by atoms with van der Waals surface area (Å²) in [5.41, 5.74) is 8.98. The van der Waals surface area contributed by atoms with E-state index in [9.17, 15) is 25.2 Å². The third kappa shape index (κ3) is 8.71. The van der Waals surface area contributed by atoms with E-state index in [0.717, 1.165) is 63.4 Å². The number of carbonyl (C=O) groups excluding carboxylic acids is 1. The van der Waals surface area contributed by atoms with Crippen LogP contribution in [0.4, 0.5) is 0 Å². The number of cyclic esters (lactones) is 1. The maximum atomic E-state index is 12.6. The normalized spacial score (nSPS) is 53.0. The summed E-state index contributed by atoms with van der Waals surface area (Å²) in [4.78, 5) is 14.9. The smallest absolute Gasteiger partial charge is 0.331 e. The number of ether oxygens (including phenoxy) is 9. The van der Waals surface area contributed by atoms with E-state index in [-0.39, 0.29) is 66.1 Å². The van der Waals surface area contributed by atoms with Crippen molar-refractivity contribution in [3.05, 3.63) is 22.1 Å². The first-order chi connectivity index (χ1) is 30.5. The molecule has 0 radical (unpaired) electrons. The van der Waals surface area contributed by atoms with Gasteiger partial charge >= 0.3 is 5.97 Å². The topological polar surface area (TPSA) is 230 Å². The van der Waals surface area contributed by atoms with Gasteiger partial charge in [0.05, 0.1) is 60.5 Å². The Hall–Kier alpha value is -1.96. The summed E-state index contributed by atoms with van der Waals surface area (Å²) in [6.45, 7) is 12.4. The maximum Gasteiger partial charge on any atom is 0.331 e. The number of aliphatic hydroxyl groups excluding tert-OH is 3. The van der Waals surface area contributed by atoms with Crippen molar-refractivity contribution in [3.63, 3.8) is 0 Å². The van der Waals surface area contributed by atoms with Crippen LogP contribution in [0.5, 0.6) is 0 Å². The average Bonchev–Trinajstić information content (AvgIpc) is 3.79. The van der Waals surface area contributed by atoms with E-state index < -0.39 is 85.7 Å². The largest absolute Gasteiger partial charge is 0.458 e. The van der Waals surface area contributed by atoms with Crippen LogP contribution in [-0.4, -0.2) is 137 Å². The minimum atomic E-state index is -0.965. The van der Waals surface area contributed by atoms with Gasteiger partial charge in [0.2, 0.25) is 0 Å². The molecule has 5 heterocycles. The van der Waals surface area contributed by atoms with E-state index in [1.165, 1.54) is 0 Å². The Morgan fingerprint density at radius 2 is 1.25 bits per heavy atom. The quantitative estimate of drug-likeness (QED) is 0.0701. The maximum absolute atomic E-state index is 12.6. The van der Waals surface area contributed by atoms with Gasteiger partial charge in [-0.15, -0.1) is 0 Å². The third-order valence-corrected chi connectivity index (χ3v) is 17.9. The zero-order chi connectivity index (χ0) is 45.3. The minimum Gasteiger partial charge on any atom is -0.458 e. The summed E-state index contributed by atoms with van der Waals surface area (Å²) in [7, 11) is 0. The lowest BCUT2D eigenvalue weighted by Gasteiger charge is -2.64. The molecule has 5 aliphatic heterocycles. The van der Waals surface area contributed by atoms with Crippen LogP contribution in [0.15, 0.2) is 16.8 Å². The van der Waals surface area contributed by atoms with Gasteiger partial charge in [-0.3, -0.25) is 0 Å². The summed E-state index contributed by atoms with van der Waals surface area (Å²) >= 11 is 0. The van der Waals surface area contributed by atoms with E-state index >= 15 is 0 Å². The van der Waals surface area contributed by atoms with Gasteiger partial charge in [0.1, 0.15) is 24.9 Å². The lowest BCUT2D eigenvalue weighted by atomic mass is 9.43. The van der Waals surface area contributed by atoms with Crippen molar-refractivity contribution in [2.75, 3.05) is 6.61 Å². The molecule has 0 bridgehead atoms. The lowest BCUT2D eigenvalue weighted by Crippen LogP contribution is -2.62. The Bertz CT molecular complexity index is 1730. The fourth-order valence-corrected chi connectivity index (χ4v) is 14.4. The monoisotopic (exact) mass is 904 g/mol.